The minimum absolute atomic E-state index is 0.0542. The van der Waals surface area contributed by atoms with Crippen molar-refractivity contribution in [1.29, 1.82) is 0 Å². The Morgan fingerprint density at radius 2 is 1.82 bits per heavy atom. The molecule has 1 aliphatic heterocycles. The van der Waals surface area contributed by atoms with Crippen molar-refractivity contribution in [2.75, 3.05) is 42.9 Å². The van der Waals surface area contributed by atoms with Crippen LogP contribution in [0.15, 0.2) is 48.5 Å². The van der Waals surface area contributed by atoms with E-state index in [1.54, 1.807) is 11.5 Å². The molecule has 1 fully saturated rings. The van der Waals surface area contributed by atoms with Gasteiger partial charge in [-0.1, -0.05) is 31.2 Å². The molecule has 0 bridgehead atoms. The van der Waals surface area contributed by atoms with E-state index in [1.165, 1.54) is 15.6 Å². The highest BCUT2D eigenvalue weighted by Crippen LogP contribution is 2.29. The third-order valence-electron chi connectivity index (χ3n) is 5.31. The van der Waals surface area contributed by atoms with Gasteiger partial charge in [0, 0.05) is 50.2 Å². The number of carbonyl (C=O) groups excluding carboxylic acids is 1. The van der Waals surface area contributed by atoms with Crippen molar-refractivity contribution in [3.63, 3.8) is 0 Å². The number of fused-ring (bicyclic) bond motifs is 1. The highest BCUT2D eigenvalue weighted by atomic mass is 32.1. The summed E-state index contributed by atoms with van der Waals surface area (Å²) >= 11 is 1.59. The molecule has 0 atom stereocenters. The fourth-order valence-electron chi connectivity index (χ4n) is 3.58. The van der Waals surface area contributed by atoms with Gasteiger partial charge in [-0.25, -0.2) is 0 Å². The summed E-state index contributed by atoms with van der Waals surface area (Å²) in [5.41, 5.74) is 2.18. The molecular formula is C22H26N4OS. The van der Waals surface area contributed by atoms with Gasteiger partial charge in [-0.2, -0.15) is 4.37 Å². The van der Waals surface area contributed by atoms with Gasteiger partial charge in [0.05, 0.1) is 4.70 Å². The number of benzene rings is 2. The lowest BCUT2D eigenvalue weighted by Gasteiger charge is -2.35. The zero-order valence-corrected chi connectivity index (χ0v) is 17.0. The van der Waals surface area contributed by atoms with Gasteiger partial charge >= 0.3 is 0 Å². The van der Waals surface area contributed by atoms with E-state index in [0.717, 1.165) is 50.6 Å². The second kappa shape index (κ2) is 8.71. The summed E-state index contributed by atoms with van der Waals surface area (Å²) in [5.74, 6) is 1.20. The number of nitrogens with one attached hydrogen (secondary N) is 1. The minimum atomic E-state index is 0.0542. The van der Waals surface area contributed by atoms with Gasteiger partial charge in [0.15, 0.2) is 0 Å². The lowest BCUT2D eigenvalue weighted by Crippen LogP contribution is -2.47. The third kappa shape index (κ3) is 4.34. The Morgan fingerprint density at radius 1 is 1.07 bits per heavy atom. The Labute approximate surface area is 170 Å². The van der Waals surface area contributed by atoms with Crippen molar-refractivity contribution in [2.24, 2.45) is 0 Å². The molecule has 1 aromatic heterocycles. The van der Waals surface area contributed by atoms with Crippen LogP contribution in [0.3, 0.4) is 0 Å². The predicted octanol–water partition coefficient (Wildman–Crippen LogP) is 4.01. The van der Waals surface area contributed by atoms with Crippen LogP contribution in [-0.2, 0) is 11.2 Å². The van der Waals surface area contributed by atoms with Crippen molar-refractivity contribution in [3.8, 4) is 0 Å². The summed E-state index contributed by atoms with van der Waals surface area (Å²) in [6.45, 7) is 7.10. The number of amides is 1. The fourth-order valence-corrected chi connectivity index (χ4v) is 4.37. The van der Waals surface area contributed by atoms with Crippen LogP contribution in [0.2, 0.25) is 0 Å². The third-order valence-corrected chi connectivity index (χ3v) is 6.12. The molecule has 1 amide bonds. The summed E-state index contributed by atoms with van der Waals surface area (Å²) in [6, 6.07) is 16.7. The van der Waals surface area contributed by atoms with Crippen LogP contribution in [0.5, 0.6) is 0 Å². The Morgan fingerprint density at radius 3 is 2.57 bits per heavy atom. The van der Waals surface area contributed by atoms with E-state index in [4.69, 9.17) is 4.37 Å². The molecule has 1 N–H and O–H groups in total. The Kier molecular flexibility index (Phi) is 5.88. The maximum Gasteiger partial charge on any atom is 0.224 e. The highest BCUT2D eigenvalue weighted by Gasteiger charge is 2.20. The number of piperazine rings is 1. The molecule has 6 heteroatoms. The zero-order valence-electron chi connectivity index (χ0n) is 16.2. The SMILES string of the molecule is CCC(=O)Nc1ccc(CCN2CCN(c3nsc4ccccc34)CC2)cc1. The van der Waals surface area contributed by atoms with Crippen LogP contribution in [0, 0.1) is 0 Å². The summed E-state index contributed by atoms with van der Waals surface area (Å²) in [5, 5.41) is 4.17. The van der Waals surface area contributed by atoms with E-state index < -0.39 is 0 Å². The number of anilines is 2. The van der Waals surface area contributed by atoms with E-state index >= 15 is 0 Å². The van der Waals surface area contributed by atoms with Gasteiger partial charge in [-0.3, -0.25) is 9.69 Å². The molecule has 5 nitrogen and oxygen atoms in total. The van der Waals surface area contributed by atoms with Crippen molar-refractivity contribution < 1.29 is 4.79 Å². The smallest absolute Gasteiger partial charge is 0.224 e. The van der Waals surface area contributed by atoms with Crippen LogP contribution < -0.4 is 10.2 Å². The molecule has 4 rings (SSSR count). The fraction of sp³-hybridized carbons (Fsp3) is 0.364. The second-order valence-corrected chi connectivity index (χ2v) is 7.98. The number of carbonyl (C=O) groups is 1. The lowest BCUT2D eigenvalue weighted by atomic mass is 10.1. The number of hydrogen-bond donors (Lipinski definition) is 1. The molecule has 0 unspecified atom stereocenters. The van der Waals surface area contributed by atoms with Gasteiger partial charge in [0.2, 0.25) is 5.91 Å². The van der Waals surface area contributed by atoms with Gasteiger partial charge in [-0.05, 0) is 47.8 Å². The van der Waals surface area contributed by atoms with Crippen LogP contribution in [0.1, 0.15) is 18.9 Å². The molecule has 2 aromatic carbocycles. The first-order chi connectivity index (χ1) is 13.7. The number of hydrogen-bond acceptors (Lipinski definition) is 5. The molecule has 146 valence electrons. The lowest BCUT2D eigenvalue weighted by molar-refractivity contribution is -0.115. The topological polar surface area (TPSA) is 48.5 Å². The Balaban J connectivity index is 1.27. The van der Waals surface area contributed by atoms with E-state index in [1.807, 2.05) is 19.1 Å². The van der Waals surface area contributed by atoms with Crippen molar-refractivity contribution in [2.45, 2.75) is 19.8 Å². The van der Waals surface area contributed by atoms with E-state index in [0.29, 0.717) is 6.42 Å². The largest absolute Gasteiger partial charge is 0.353 e. The van der Waals surface area contributed by atoms with Crippen molar-refractivity contribution >= 4 is 39.0 Å². The van der Waals surface area contributed by atoms with Crippen molar-refractivity contribution in [3.05, 3.63) is 54.1 Å². The van der Waals surface area contributed by atoms with E-state index in [2.05, 4.69) is 51.5 Å². The predicted molar refractivity (Wildman–Crippen MR) is 117 cm³/mol. The molecule has 0 radical (unpaired) electrons. The maximum absolute atomic E-state index is 11.5. The number of nitrogens with zero attached hydrogens (tertiary/aromatic N) is 3. The molecule has 0 spiro atoms. The number of rotatable bonds is 6. The van der Waals surface area contributed by atoms with E-state index in [-0.39, 0.29) is 5.91 Å². The van der Waals surface area contributed by atoms with Crippen LogP contribution in [-0.4, -0.2) is 47.9 Å². The average Bonchev–Trinajstić information content (AvgIpc) is 3.18. The van der Waals surface area contributed by atoms with Crippen LogP contribution >= 0.6 is 11.5 Å². The first-order valence-corrected chi connectivity index (χ1v) is 10.7. The standard InChI is InChI=1S/C22H26N4OS/c1-2-21(27)23-18-9-7-17(8-10-18)11-12-25-13-15-26(16-14-25)22-19-5-3-4-6-20(19)28-24-22/h3-10H,2,11-16H2,1H3,(H,23,27). The summed E-state index contributed by atoms with van der Waals surface area (Å²) in [4.78, 5) is 16.4. The maximum atomic E-state index is 11.5. The molecule has 2 heterocycles. The molecule has 0 saturated carbocycles. The molecule has 0 aliphatic carbocycles. The summed E-state index contributed by atoms with van der Waals surface area (Å²) in [6.07, 6.45) is 1.53. The molecule has 28 heavy (non-hydrogen) atoms. The quantitative estimate of drug-likeness (QED) is 0.686. The molecule has 1 aliphatic rings. The first kappa shape index (κ1) is 18.9. The van der Waals surface area contributed by atoms with Gasteiger partial charge in [-0.15, -0.1) is 0 Å². The van der Waals surface area contributed by atoms with Gasteiger partial charge in [0.1, 0.15) is 5.82 Å². The molecule has 1 saturated heterocycles. The Hall–Kier alpha value is -2.44. The minimum Gasteiger partial charge on any atom is -0.353 e. The van der Waals surface area contributed by atoms with Crippen molar-refractivity contribution in [1.82, 2.24) is 9.27 Å². The zero-order chi connectivity index (χ0) is 19.3. The second-order valence-electron chi connectivity index (χ2n) is 7.18. The number of aromatic nitrogens is 1. The monoisotopic (exact) mass is 394 g/mol. The summed E-state index contributed by atoms with van der Waals surface area (Å²) in [7, 11) is 0. The normalized spacial score (nSPS) is 15.1. The van der Waals surface area contributed by atoms with Crippen LogP contribution in [0.4, 0.5) is 11.5 Å². The van der Waals surface area contributed by atoms with Gasteiger partial charge < -0.3 is 10.2 Å². The Bertz CT molecular complexity index is 929. The van der Waals surface area contributed by atoms with Crippen LogP contribution in [0.25, 0.3) is 10.1 Å². The van der Waals surface area contributed by atoms with Gasteiger partial charge in [0.25, 0.3) is 0 Å². The molecular weight excluding hydrogens is 368 g/mol. The first-order valence-electron chi connectivity index (χ1n) is 9.93. The highest BCUT2D eigenvalue weighted by molar-refractivity contribution is 7.13. The average molecular weight is 395 g/mol. The molecule has 3 aromatic rings. The van der Waals surface area contributed by atoms with E-state index in [9.17, 15) is 4.79 Å². The summed E-state index contributed by atoms with van der Waals surface area (Å²) < 4.78 is 5.95.